The number of pyridine rings is 1. The van der Waals surface area contributed by atoms with Gasteiger partial charge < -0.3 is 4.57 Å². The third-order valence-electron chi connectivity index (χ3n) is 3.55. The first-order valence-corrected chi connectivity index (χ1v) is 6.91. The molecule has 96 valence electrons. The van der Waals surface area contributed by atoms with Crippen LogP contribution < -0.4 is 5.49 Å². The van der Waals surface area contributed by atoms with Crippen molar-refractivity contribution in [3.8, 4) is 0 Å². The maximum atomic E-state index is 8.49. The van der Waals surface area contributed by atoms with Crippen molar-refractivity contribution in [2.75, 3.05) is 0 Å². The molecule has 0 unspecified atom stereocenters. The third-order valence-corrected chi connectivity index (χ3v) is 3.55. The summed E-state index contributed by atoms with van der Waals surface area (Å²) in [5, 5.41) is 10.8. The number of aryl methyl sites for hydroxylation is 2. The molecular weight excluding hydrogens is 220 g/mol. The average Bonchev–Trinajstić information content (AvgIpc) is 2.41. The van der Waals surface area contributed by atoms with E-state index in [0.717, 1.165) is 31.2 Å². The van der Waals surface area contributed by atoms with Gasteiger partial charge in [-0.1, -0.05) is 39.0 Å². The number of benzene rings is 1. The Morgan fingerprint density at radius 1 is 1.11 bits per heavy atom. The number of rotatable bonds is 4. The lowest BCUT2D eigenvalue weighted by Crippen LogP contribution is -2.24. The van der Waals surface area contributed by atoms with Crippen LogP contribution >= 0.6 is 0 Å². The normalized spacial score (nSPS) is 11.1. The Bertz CT molecular complexity index is 608. The van der Waals surface area contributed by atoms with Gasteiger partial charge in [-0.2, -0.15) is 0 Å². The van der Waals surface area contributed by atoms with Crippen LogP contribution in [0.25, 0.3) is 10.8 Å². The quantitative estimate of drug-likeness (QED) is 0.848. The molecule has 0 fully saturated rings. The highest BCUT2D eigenvalue weighted by molar-refractivity contribution is 5.85. The molecule has 1 aromatic carbocycles. The second-order valence-corrected chi connectivity index (χ2v) is 4.72. The van der Waals surface area contributed by atoms with Gasteiger partial charge in [0.05, 0.1) is 0 Å². The molecule has 2 rings (SSSR count). The van der Waals surface area contributed by atoms with E-state index in [1.165, 1.54) is 16.6 Å². The molecule has 2 heteroatoms. The fourth-order valence-electron chi connectivity index (χ4n) is 2.63. The van der Waals surface area contributed by atoms with Crippen LogP contribution in [0.3, 0.4) is 0 Å². The highest BCUT2D eigenvalue weighted by Crippen LogP contribution is 2.18. The van der Waals surface area contributed by atoms with Gasteiger partial charge in [0.25, 0.3) is 0 Å². The number of hydrogen-bond acceptors (Lipinski definition) is 1. The van der Waals surface area contributed by atoms with Crippen LogP contribution in [0.5, 0.6) is 0 Å². The summed E-state index contributed by atoms with van der Waals surface area (Å²) in [7, 11) is 0. The summed E-state index contributed by atoms with van der Waals surface area (Å²) >= 11 is 0. The number of aromatic nitrogens is 1. The number of nitrogens with zero attached hydrogens (tertiary/aromatic N) is 1. The average molecular weight is 242 g/mol. The summed E-state index contributed by atoms with van der Waals surface area (Å²) in [6.07, 6.45) is 3.04. The molecule has 0 aliphatic rings. The molecule has 0 saturated carbocycles. The van der Waals surface area contributed by atoms with Gasteiger partial charge in [0.1, 0.15) is 5.49 Å². The zero-order valence-electron chi connectivity index (χ0n) is 11.6. The zero-order valence-corrected chi connectivity index (χ0v) is 11.6. The van der Waals surface area contributed by atoms with Crippen LogP contribution in [0.4, 0.5) is 0 Å². The molecule has 0 atom stereocenters. The Hall–Kier alpha value is -1.57. The highest BCUT2D eigenvalue weighted by atomic mass is 15.0. The third kappa shape index (κ3) is 2.07. The monoisotopic (exact) mass is 242 g/mol. The first-order chi connectivity index (χ1) is 8.72. The SMILES string of the molecule is CCCn1c(CC)cc2cccc(CC)c2c1=N. The largest absolute Gasteiger partial charge is 0.330 e. The smallest absolute Gasteiger partial charge is 0.133 e. The minimum Gasteiger partial charge on any atom is -0.330 e. The van der Waals surface area contributed by atoms with Crippen molar-refractivity contribution in [1.82, 2.24) is 4.57 Å². The van der Waals surface area contributed by atoms with Gasteiger partial charge in [0.15, 0.2) is 0 Å². The van der Waals surface area contributed by atoms with Crippen molar-refractivity contribution in [3.63, 3.8) is 0 Å². The van der Waals surface area contributed by atoms with E-state index in [0.29, 0.717) is 5.49 Å². The molecule has 18 heavy (non-hydrogen) atoms. The summed E-state index contributed by atoms with van der Waals surface area (Å²) in [5.41, 5.74) is 3.23. The molecule has 0 amide bonds. The molecule has 0 radical (unpaired) electrons. The van der Waals surface area contributed by atoms with Crippen LogP contribution in [0, 0.1) is 5.41 Å². The number of fused-ring (bicyclic) bond motifs is 1. The van der Waals surface area contributed by atoms with Crippen molar-refractivity contribution in [1.29, 1.82) is 5.41 Å². The van der Waals surface area contributed by atoms with E-state index in [2.05, 4.69) is 49.6 Å². The van der Waals surface area contributed by atoms with Crippen molar-refractivity contribution < 1.29 is 0 Å². The molecule has 1 heterocycles. The van der Waals surface area contributed by atoms with Crippen LogP contribution in [-0.4, -0.2) is 4.57 Å². The van der Waals surface area contributed by atoms with Gasteiger partial charge in [0, 0.05) is 17.6 Å². The molecule has 2 nitrogen and oxygen atoms in total. The summed E-state index contributed by atoms with van der Waals surface area (Å²) in [5.74, 6) is 0. The van der Waals surface area contributed by atoms with E-state index < -0.39 is 0 Å². The highest BCUT2D eigenvalue weighted by Gasteiger charge is 2.07. The van der Waals surface area contributed by atoms with Gasteiger partial charge in [-0.25, -0.2) is 0 Å². The van der Waals surface area contributed by atoms with E-state index in [4.69, 9.17) is 5.41 Å². The molecule has 0 saturated heterocycles. The summed E-state index contributed by atoms with van der Waals surface area (Å²) in [6.45, 7) is 7.43. The van der Waals surface area contributed by atoms with E-state index in [1.54, 1.807) is 0 Å². The zero-order chi connectivity index (χ0) is 13.1. The van der Waals surface area contributed by atoms with Crippen molar-refractivity contribution in [3.05, 3.63) is 41.0 Å². The standard InChI is InChI=1S/C16H22N2/c1-4-10-18-14(6-3)11-13-9-7-8-12(5-2)15(13)16(18)17/h7-9,11,17H,4-6,10H2,1-3H3. The van der Waals surface area contributed by atoms with Gasteiger partial charge in [-0.3, -0.25) is 5.41 Å². The van der Waals surface area contributed by atoms with Crippen molar-refractivity contribution >= 4 is 10.8 Å². The second kappa shape index (κ2) is 5.38. The van der Waals surface area contributed by atoms with E-state index in [9.17, 15) is 0 Å². The summed E-state index contributed by atoms with van der Waals surface area (Å²) in [4.78, 5) is 0. The summed E-state index contributed by atoms with van der Waals surface area (Å²) < 4.78 is 2.17. The lowest BCUT2D eigenvalue weighted by atomic mass is 10.0. The molecule has 1 aromatic heterocycles. The Labute approximate surface area is 109 Å². The molecule has 1 N–H and O–H groups in total. The van der Waals surface area contributed by atoms with Crippen molar-refractivity contribution in [2.45, 2.75) is 46.6 Å². The number of hydrogen-bond donors (Lipinski definition) is 1. The maximum Gasteiger partial charge on any atom is 0.133 e. The molecule has 2 aromatic rings. The molecular formula is C16H22N2. The minimum absolute atomic E-state index is 0.684. The molecule has 0 aliphatic heterocycles. The summed E-state index contributed by atoms with van der Waals surface area (Å²) in [6, 6.07) is 8.62. The predicted octanol–water partition coefficient (Wildman–Crippen LogP) is 3.66. The van der Waals surface area contributed by atoms with E-state index >= 15 is 0 Å². The van der Waals surface area contributed by atoms with Gasteiger partial charge in [-0.15, -0.1) is 0 Å². The maximum absolute atomic E-state index is 8.49. The minimum atomic E-state index is 0.684. The van der Waals surface area contributed by atoms with E-state index in [-0.39, 0.29) is 0 Å². The first kappa shape index (κ1) is 12.9. The fraction of sp³-hybridized carbons (Fsp3) is 0.438. The first-order valence-electron chi connectivity index (χ1n) is 6.91. The lowest BCUT2D eigenvalue weighted by Gasteiger charge is -2.15. The van der Waals surface area contributed by atoms with E-state index in [1.807, 2.05) is 0 Å². The van der Waals surface area contributed by atoms with Crippen LogP contribution in [0.1, 0.15) is 38.4 Å². The Kier molecular flexibility index (Phi) is 3.85. The second-order valence-electron chi connectivity index (χ2n) is 4.72. The Morgan fingerprint density at radius 2 is 1.89 bits per heavy atom. The number of nitrogens with one attached hydrogen (secondary N) is 1. The van der Waals surface area contributed by atoms with Crippen LogP contribution in [0.2, 0.25) is 0 Å². The Balaban J connectivity index is 2.83. The Morgan fingerprint density at radius 3 is 2.50 bits per heavy atom. The molecule has 0 spiro atoms. The van der Waals surface area contributed by atoms with Crippen LogP contribution in [0.15, 0.2) is 24.3 Å². The molecule has 0 aliphatic carbocycles. The lowest BCUT2D eigenvalue weighted by molar-refractivity contribution is 0.613. The fourth-order valence-corrected chi connectivity index (χ4v) is 2.63. The molecule has 0 bridgehead atoms. The predicted molar refractivity (Wildman–Crippen MR) is 76.8 cm³/mol. The van der Waals surface area contributed by atoms with Gasteiger partial charge in [-0.05, 0) is 36.3 Å². The van der Waals surface area contributed by atoms with Gasteiger partial charge in [0.2, 0.25) is 0 Å². The van der Waals surface area contributed by atoms with Crippen LogP contribution in [-0.2, 0) is 19.4 Å². The van der Waals surface area contributed by atoms with Crippen molar-refractivity contribution in [2.24, 2.45) is 0 Å². The van der Waals surface area contributed by atoms with Gasteiger partial charge >= 0.3 is 0 Å². The topological polar surface area (TPSA) is 28.8 Å².